The van der Waals surface area contributed by atoms with Crippen molar-refractivity contribution < 1.29 is 9.53 Å². The van der Waals surface area contributed by atoms with E-state index in [-0.39, 0.29) is 0 Å². The molecule has 2 aliphatic heterocycles. The average Bonchev–Trinajstić information content (AvgIpc) is 3.24. The zero-order valence-corrected chi connectivity index (χ0v) is 18.2. The second-order valence-corrected chi connectivity index (χ2v) is 10.6. The van der Waals surface area contributed by atoms with Gasteiger partial charge in [-0.3, -0.25) is 4.79 Å². The lowest BCUT2D eigenvalue weighted by Crippen LogP contribution is -2.38. The summed E-state index contributed by atoms with van der Waals surface area (Å²) in [6.45, 7) is 1.92. The van der Waals surface area contributed by atoms with Crippen molar-refractivity contribution in [3.8, 4) is 5.75 Å². The highest BCUT2D eigenvalue weighted by atomic mass is 33.1. The van der Waals surface area contributed by atoms with Gasteiger partial charge in [-0.2, -0.15) is 0 Å². The number of methoxy groups -OCH3 is 1. The van der Waals surface area contributed by atoms with Crippen LogP contribution in [-0.4, -0.2) is 42.0 Å². The van der Waals surface area contributed by atoms with E-state index < -0.39 is 0 Å². The molecule has 0 N–H and O–H groups in total. The number of benzene rings is 1. The number of carbonyl (C=O) groups excluding carboxylic acids is 1. The van der Waals surface area contributed by atoms with Gasteiger partial charge in [-0.1, -0.05) is 40.1 Å². The SMILES string of the molecule is COc1ccc(CCC2CCN(C(=O)CCCCC3CCSS3)CC2)cc1. The van der Waals surface area contributed by atoms with Gasteiger partial charge in [-0.15, -0.1) is 0 Å². The Balaban J connectivity index is 1.27. The Kier molecular flexibility index (Phi) is 8.72. The van der Waals surface area contributed by atoms with E-state index in [2.05, 4.69) is 17.0 Å². The van der Waals surface area contributed by atoms with E-state index in [0.717, 1.165) is 62.1 Å². The van der Waals surface area contributed by atoms with Crippen LogP contribution in [0.15, 0.2) is 24.3 Å². The minimum atomic E-state index is 0.386. The number of unbranched alkanes of at least 4 members (excludes halogenated alkanes) is 1. The van der Waals surface area contributed by atoms with Gasteiger partial charge in [-0.25, -0.2) is 0 Å². The molecule has 2 aliphatic rings. The molecule has 1 atom stereocenters. The molecule has 3 rings (SSSR count). The number of rotatable bonds is 9. The first-order chi connectivity index (χ1) is 13.2. The predicted molar refractivity (Wildman–Crippen MR) is 118 cm³/mol. The molecule has 1 unspecified atom stereocenters. The summed E-state index contributed by atoms with van der Waals surface area (Å²) in [5.41, 5.74) is 1.38. The second kappa shape index (κ2) is 11.3. The molecule has 5 heteroatoms. The largest absolute Gasteiger partial charge is 0.497 e. The lowest BCUT2D eigenvalue weighted by atomic mass is 9.90. The topological polar surface area (TPSA) is 29.5 Å². The maximum atomic E-state index is 12.4. The van der Waals surface area contributed by atoms with E-state index in [0.29, 0.717) is 5.91 Å². The normalized spacial score (nSPS) is 20.8. The maximum absolute atomic E-state index is 12.4. The summed E-state index contributed by atoms with van der Waals surface area (Å²) in [5.74, 6) is 3.37. The zero-order chi connectivity index (χ0) is 18.9. The van der Waals surface area contributed by atoms with Crippen molar-refractivity contribution in [2.75, 3.05) is 26.0 Å². The molecule has 3 nitrogen and oxygen atoms in total. The van der Waals surface area contributed by atoms with Crippen molar-refractivity contribution in [1.29, 1.82) is 0 Å². The van der Waals surface area contributed by atoms with Gasteiger partial charge >= 0.3 is 0 Å². The Morgan fingerprint density at radius 3 is 2.56 bits per heavy atom. The molecule has 0 radical (unpaired) electrons. The molecular formula is C22H33NO2S2. The van der Waals surface area contributed by atoms with Crippen molar-refractivity contribution in [2.45, 2.75) is 63.0 Å². The Hall–Kier alpha value is -0.810. The average molecular weight is 408 g/mol. The third kappa shape index (κ3) is 6.94. The molecule has 1 aromatic carbocycles. The van der Waals surface area contributed by atoms with E-state index in [1.807, 2.05) is 33.7 Å². The quantitative estimate of drug-likeness (QED) is 0.395. The Bertz CT molecular complexity index is 564. The van der Waals surface area contributed by atoms with Gasteiger partial charge in [0.1, 0.15) is 5.75 Å². The number of hydrogen-bond donors (Lipinski definition) is 0. The van der Waals surface area contributed by atoms with Crippen LogP contribution >= 0.6 is 21.6 Å². The molecule has 0 saturated carbocycles. The van der Waals surface area contributed by atoms with Crippen LogP contribution in [0, 0.1) is 5.92 Å². The fraction of sp³-hybridized carbons (Fsp3) is 0.682. The summed E-state index contributed by atoms with van der Waals surface area (Å²) in [7, 11) is 5.76. The number of hydrogen-bond acceptors (Lipinski definition) is 4. The Morgan fingerprint density at radius 2 is 1.89 bits per heavy atom. The smallest absolute Gasteiger partial charge is 0.222 e. The van der Waals surface area contributed by atoms with Gasteiger partial charge in [-0.05, 0) is 68.6 Å². The highest BCUT2D eigenvalue weighted by molar-refractivity contribution is 8.77. The highest BCUT2D eigenvalue weighted by Crippen LogP contribution is 2.39. The van der Waals surface area contributed by atoms with Crippen molar-refractivity contribution in [3.05, 3.63) is 29.8 Å². The molecular weight excluding hydrogens is 374 g/mol. The summed E-state index contributed by atoms with van der Waals surface area (Å²) in [6.07, 6.45) is 10.4. The first-order valence-corrected chi connectivity index (χ1v) is 12.8. The van der Waals surface area contributed by atoms with Crippen LogP contribution < -0.4 is 4.74 Å². The van der Waals surface area contributed by atoms with Gasteiger partial charge in [0.15, 0.2) is 0 Å². The van der Waals surface area contributed by atoms with Crippen LogP contribution in [0.1, 0.15) is 56.9 Å². The Labute approximate surface area is 172 Å². The molecule has 1 amide bonds. The summed E-state index contributed by atoms with van der Waals surface area (Å²) < 4.78 is 5.22. The third-order valence-electron chi connectivity index (χ3n) is 5.86. The lowest BCUT2D eigenvalue weighted by Gasteiger charge is -2.32. The molecule has 0 bridgehead atoms. The number of aryl methyl sites for hydroxylation is 1. The summed E-state index contributed by atoms with van der Waals surface area (Å²) in [5, 5.41) is 0.839. The van der Waals surface area contributed by atoms with E-state index >= 15 is 0 Å². The number of piperidine rings is 1. The van der Waals surface area contributed by atoms with Gasteiger partial charge in [0.05, 0.1) is 7.11 Å². The predicted octanol–water partition coefficient (Wildman–Crippen LogP) is 5.58. The van der Waals surface area contributed by atoms with Gasteiger partial charge in [0, 0.05) is 30.5 Å². The van der Waals surface area contributed by atoms with E-state index in [1.165, 1.54) is 37.0 Å². The maximum Gasteiger partial charge on any atom is 0.222 e. The monoisotopic (exact) mass is 407 g/mol. The molecule has 1 aromatic rings. The fourth-order valence-electron chi connectivity index (χ4n) is 4.00. The van der Waals surface area contributed by atoms with Crippen LogP contribution in [-0.2, 0) is 11.2 Å². The molecule has 0 aromatic heterocycles. The number of likely N-dealkylation sites (tertiary alicyclic amines) is 1. The van der Waals surface area contributed by atoms with Crippen LogP contribution in [0.5, 0.6) is 5.75 Å². The molecule has 2 fully saturated rings. The summed E-state index contributed by atoms with van der Waals surface area (Å²) >= 11 is 0. The number of carbonyl (C=O) groups is 1. The fourth-order valence-corrected chi connectivity index (χ4v) is 7.03. The number of nitrogens with zero attached hydrogens (tertiary/aromatic N) is 1. The number of ether oxygens (including phenoxy) is 1. The van der Waals surface area contributed by atoms with Crippen LogP contribution in [0.2, 0.25) is 0 Å². The zero-order valence-electron chi connectivity index (χ0n) is 16.5. The third-order valence-corrected chi connectivity index (χ3v) is 8.87. The lowest BCUT2D eigenvalue weighted by molar-refractivity contribution is -0.132. The highest BCUT2D eigenvalue weighted by Gasteiger charge is 2.22. The minimum Gasteiger partial charge on any atom is -0.497 e. The van der Waals surface area contributed by atoms with Crippen molar-refractivity contribution in [1.82, 2.24) is 4.90 Å². The van der Waals surface area contributed by atoms with Gasteiger partial charge < -0.3 is 9.64 Å². The Morgan fingerprint density at radius 1 is 1.11 bits per heavy atom. The molecule has 2 saturated heterocycles. The first-order valence-electron chi connectivity index (χ1n) is 10.4. The van der Waals surface area contributed by atoms with Gasteiger partial charge in [0.25, 0.3) is 0 Å². The van der Waals surface area contributed by atoms with Crippen molar-refractivity contribution in [3.63, 3.8) is 0 Å². The van der Waals surface area contributed by atoms with E-state index in [1.54, 1.807) is 7.11 Å². The van der Waals surface area contributed by atoms with E-state index in [4.69, 9.17) is 4.74 Å². The molecule has 0 aliphatic carbocycles. The van der Waals surface area contributed by atoms with Crippen molar-refractivity contribution in [2.24, 2.45) is 5.92 Å². The molecule has 150 valence electrons. The first kappa shape index (κ1) is 20.9. The van der Waals surface area contributed by atoms with Crippen LogP contribution in [0.25, 0.3) is 0 Å². The molecule has 0 spiro atoms. The summed E-state index contributed by atoms with van der Waals surface area (Å²) in [6, 6.07) is 8.42. The minimum absolute atomic E-state index is 0.386. The molecule has 2 heterocycles. The van der Waals surface area contributed by atoms with E-state index in [9.17, 15) is 4.79 Å². The van der Waals surface area contributed by atoms with Gasteiger partial charge in [0.2, 0.25) is 5.91 Å². The number of amides is 1. The molecule has 27 heavy (non-hydrogen) atoms. The van der Waals surface area contributed by atoms with Crippen LogP contribution in [0.3, 0.4) is 0 Å². The second-order valence-electron chi connectivity index (χ2n) is 7.79. The van der Waals surface area contributed by atoms with Crippen molar-refractivity contribution >= 4 is 27.5 Å². The summed E-state index contributed by atoms with van der Waals surface area (Å²) in [4.78, 5) is 14.6. The standard InChI is InChI=1S/C22H33NO2S2/c1-25-20-10-8-18(9-11-20)6-7-19-12-15-23(16-13-19)22(24)5-3-2-4-21-14-17-26-27-21/h8-11,19,21H,2-7,12-17H2,1H3. The van der Waals surface area contributed by atoms with Crippen LogP contribution in [0.4, 0.5) is 0 Å².